The molecule has 4 nitrogen and oxygen atoms in total. The maximum atomic E-state index is 11.5. The number of carboxylic acids is 1. The molecule has 0 unspecified atom stereocenters. The van der Waals surface area contributed by atoms with Crippen LogP contribution in [0.5, 0.6) is 0 Å². The van der Waals surface area contributed by atoms with Crippen molar-refractivity contribution in [1.82, 2.24) is 0 Å². The maximum absolute atomic E-state index is 11.5. The van der Waals surface area contributed by atoms with Gasteiger partial charge in [0.2, 0.25) is 5.60 Å². The van der Waals surface area contributed by atoms with Crippen LogP contribution in [0.15, 0.2) is 0 Å². The minimum atomic E-state index is -1.42. The highest BCUT2D eigenvalue weighted by Crippen LogP contribution is 2.14. The first-order valence-corrected chi connectivity index (χ1v) is 7.85. The molecular formula is C16H30O4. The fourth-order valence-corrected chi connectivity index (χ4v) is 1.96. The Morgan fingerprint density at radius 2 is 1.35 bits per heavy atom. The second-order valence-electron chi connectivity index (χ2n) is 5.87. The van der Waals surface area contributed by atoms with Gasteiger partial charge in [0.15, 0.2) is 0 Å². The van der Waals surface area contributed by atoms with Gasteiger partial charge in [0.1, 0.15) is 0 Å². The number of hydrogen-bond acceptors (Lipinski definition) is 3. The molecule has 20 heavy (non-hydrogen) atoms. The molecule has 1 N–H and O–H groups in total. The summed E-state index contributed by atoms with van der Waals surface area (Å²) in [4.78, 5) is 22.3. The smallest absolute Gasteiger partial charge is 0.347 e. The lowest BCUT2D eigenvalue weighted by Gasteiger charge is -2.19. The molecule has 118 valence electrons. The molecule has 4 heteroatoms. The molecule has 0 aromatic heterocycles. The van der Waals surface area contributed by atoms with Crippen LogP contribution in [0.1, 0.15) is 85.0 Å². The summed E-state index contributed by atoms with van der Waals surface area (Å²) in [5.74, 6) is -1.53. The highest BCUT2D eigenvalue weighted by molar-refractivity contribution is 5.81. The molecule has 0 aromatic carbocycles. The van der Waals surface area contributed by atoms with Crippen LogP contribution in [0.4, 0.5) is 0 Å². The molecule has 0 rings (SSSR count). The molecule has 0 saturated carbocycles. The predicted octanol–water partition coefficient (Wildman–Crippen LogP) is 4.31. The van der Waals surface area contributed by atoms with Crippen LogP contribution in [0.2, 0.25) is 0 Å². The van der Waals surface area contributed by atoms with Crippen LogP contribution >= 0.6 is 0 Å². The van der Waals surface area contributed by atoms with Gasteiger partial charge in [-0.1, -0.05) is 58.3 Å². The van der Waals surface area contributed by atoms with E-state index < -0.39 is 17.5 Å². The van der Waals surface area contributed by atoms with E-state index in [0.29, 0.717) is 6.42 Å². The van der Waals surface area contributed by atoms with E-state index in [2.05, 4.69) is 6.92 Å². The van der Waals surface area contributed by atoms with Gasteiger partial charge in [-0.15, -0.1) is 0 Å². The normalized spacial score (nSPS) is 11.3. The summed E-state index contributed by atoms with van der Waals surface area (Å²) < 4.78 is 4.93. The third-order valence-electron chi connectivity index (χ3n) is 3.37. The molecule has 0 bridgehead atoms. The van der Waals surface area contributed by atoms with Gasteiger partial charge < -0.3 is 9.84 Å². The number of esters is 1. The summed E-state index contributed by atoms with van der Waals surface area (Å²) in [6.07, 6.45) is 11.0. The Bertz CT molecular complexity index is 284. The van der Waals surface area contributed by atoms with Gasteiger partial charge in [-0.05, 0) is 20.3 Å². The molecule has 0 atom stereocenters. The molecule has 0 heterocycles. The number of ether oxygens (including phenoxy) is 1. The Kier molecular flexibility index (Phi) is 10.1. The molecule has 0 spiro atoms. The zero-order chi connectivity index (χ0) is 15.4. The molecule has 0 saturated heterocycles. The molecular weight excluding hydrogens is 256 g/mol. The van der Waals surface area contributed by atoms with Crippen molar-refractivity contribution in [3.63, 3.8) is 0 Å². The van der Waals surface area contributed by atoms with E-state index in [4.69, 9.17) is 9.84 Å². The second kappa shape index (κ2) is 10.7. The zero-order valence-corrected chi connectivity index (χ0v) is 13.2. The van der Waals surface area contributed by atoms with E-state index in [1.54, 1.807) is 0 Å². The molecule has 0 amide bonds. The number of aliphatic carboxylic acids is 1. The van der Waals surface area contributed by atoms with Crippen LogP contribution in [-0.4, -0.2) is 22.6 Å². The summed E-state index contributed by atoms with van der Waals surface area (Å²) in [6.45, 7) is 5.00. The number of carbonyl (C=O) groups excluding carboxylic acids is 1. The summed E-state index contributed by atoms with van der Waals surface area (Å²) in [7, 11) is 0. The number of hydrogen-bond donors (Lipinski definition) is 1. The summed E-state index contributed by atoms with van der Waals surface area (Å²) >= 11 is 0. The van der Waals surface area contributed by atoms with Gasteiger partial charge in [0.25, 0.3) is 0 Å². The molecule has 0 radical (unpaired) electrons. The Hall–Kier alpha value is -1.06. The summed E-state index contributed by atoms with van der Waals surface area (Å²) in [5.41, 5.74) is -1.42. The summed E-state index contributed by atoms with van der Waals surface area (Å²) in [5, 5.41) is 8.84. The van der Waals surface area contributed by atoms with Gasteiger partial charge >= 0.3 is 11.9 Å². The van der Waals surface area contributed by atoms with Crippen molar-refractivity contribution < 1.29 is 19.4 Å². The SMILES string of the molecule is CCCCCCCCCCCC(=O)OC(C)(C)C(=O)O. The Morgan fingerprint density at radius 3 is 1.80 bits per heavy atom. The van der Waals surface area contributed by atoms with Crippen molar-refractivity contribution in [3.8, 4) is 0 Å². The number of unbranched alkanes of at least 4 members (excludes halogenated alkanes) is 8. The Morgan fingerprint density at radius 1 is 0.900 bits per heavy atom. The van der Waals surface area contributed by atoms with Gasteiger partial charge in [-0.3, -0.25) is 4.79 Å². The van der Waals surface area contributed by atoms with Crippen molar-refractivity contribution in [1.29, 1.82) is 0 Å². The third kappa shape index (κ3) is 9.82. The first-order chi connectivity index (χ1) is 9.40. The van der Waals surface area contributed by atoms with Gasteiger partial charge in [-0.25, -0.2) is 4.79 Å². The highest BCUT2D eigenvalue weighted by atomic mass is 16.6. The lowest BCUT2D eigenvalue weighted by molar-refractivity contribution is -0.174. The van der Waals surface area contributed by atoms with Crippen molar-refractivity contribution >= 4 is 11.9 Å². The van der Waals surface area contributed by atoms with E-state index >= 15 is 0 Å². The minimum absolute atomic E-state index is 0.312. The highest BCUT2D eigenvalue weighted by Gasteiger charge is 2.31. The fraction of sp³-hybridized carbons (Fsp3) is 0.875. The van der Waals surface area contributed by atoms with Crippen LogP contribution in [-0.2, 0) is 14.3 Å². The van der Waals surface area contributed by atoms with Gasteiger partial charge in [0.05, 0.1) is 0 Å². The van der Waals surface area contributed by atoms with Crippen LogP contribution in [0.25, 0.3) is 0 Å². The van der Waals surface area contributed by atoms with Gasteiger partial charge in [0, 0.05) is 6.42 Å². The summed E-state index contributed by atoms with van der Waals surface area (Å²) in [6, 6.07) is 0. The number of rotatable bonds is 12. The van der Waals surface area contributed by atoms with Crippen LogP contribution in [0, 0.1) is 0 Å². The quantitative estimate of drug-likeness (QED) is 0.429. The lowest BCUT2D eigenvalue weighted by Crippen LogP contribution is -2.36. The zero-order valence-electron chi connectivity index (χ0n) is 13.2. The van der Waals surface area contributed by atoms with E-state index in [9.17, 15) is 9.59 Å². The van der Waals surface area contributed by atoms with E-state index in [-0.39, 0.29) is 0 Å². The average Bonchev–Trinajstić information content (AvgIpc) is 2.36. The van der Waals surface area contributed by atoms with E-state index in [0.717, 1.165) is 19.3 Å². The molecule has 0 aromatic rings. The monoisotopic (exact) mass is 286 g/mol. The van der Waals surface area contributed by atoms with Crippen LogP contribution in [0.3, 0.4) is 0 Å². The van der Waals surface area contributed by atoms with Crippen molar-refractivity contribution in [3.05, 3.63) is 0 Å². The molecule has 0 aliphatic rings. The van der Waals surface area contributed by atoms with Crippen molar-refractivity contribution in [2.45, 2.75) is 90.6 Å². The fourth-order valence-electron chi connectivity index (χ4n) is 1.96. The molecule has 0 aliphatic heterocycles. The maximum Gasteiger partial charge on any atom is 0.347 e. The predicted molar refractivity (Wildman–Crippen MR) is 79.7 cm³/mol. The van der Waals surface area contributed by atoms with Crippen molar-refractivity contribution in [2.75, 3.05) is 0 Å². The van der Waals surface area contributed by atoms with Gasteiger partial charge in [-0.2, -0.15) is 0 Å². The average molecular weight is 286 g/mol. The first-order valence-electron chi connectivity index (χ1n) is 7.85. The van der Waals surface area contributed by atoms with E-state index in [1.807, 2.05) is 0 Å². The number of carboxylic acid groups (broad SMARTS) is 1. The minimum Gasteiger partial charge on any atom is -0.478 e. The third-order valence-corrected chi connectivity index (χ3v) is 3.37. The Balaban J connectivity index is 3.47. The first kappa shape index (κ1) is 18.9. The lowest BCUT2D eigenvalue weighted by atomic mass is 10.1. The van der Waals surface area contributed by atoms with Crippen molar-refractivity contribution in [2.24, 2.45) is 0 Å². The Labute approximate surface area is 122 Å². The standard InChI is InChI=1S/C16H30O4/c1-4-5-6-7-8-9-10-11-12-13-14(17)20-16(2,3)15(18)19/h4-13H2,1-3H3,(H,18,19). The number of carbonyl (C=O) groups is 2. The van der Waals surface area contributed by atoms with E-state index in [1.165, 1.54) is 52.4 Å². The molecule has 0 fully saturated rings. The topological polar surface area (TPSA) is 63.6 Å². The molecule has 0 aliphatic carbocycles. The largest absolute Gasteiger partial charge is 0.478 e. The second-order valence-corrected chi connectivity index (χ2v) is 5.87. The van der Waals surface area contributed by atoms with Crippen LogP contribution < -0.4 is 0 Å².